The van der Waals surface area contributed by atoms with Crippen molar-refractivity contribution >= 4 is 11.6 Å². The number of rotatable bonds is 6. The predicted octanol–water partition coefficient (Wildman–Crippen LogP) is 3.50. The molecule has 3 nitrogen and oxygen atoms in total. The van der Waals surface area contributed by atoms with Gasteiger partial charge in [0.15, 0.2) is 0 Å². The first-order chi connectivity index (χ1) is 9.74. The first-order valence-electron chi connectivity index (χ1n) is 6.36. The maximum atomic E-state index is 9.52. The van der Waals surface area contributed by atoms with Gasteiger partial charge in [0.25, 0.3) is 0 Å². The second-order valence-electron chi connectivity index (χ2n) is 4.39. The van der Waals surface area contributed by atoms with Gasteiger partial charge in [0.05, 0.1) is 20.3 Å². The standard InChI is InChI=1S/C16H17ClO3/c1-19-13-5-4-6-14(9-13)20-11-12(10-18)15-7-2-3-8-16(15)17/h2-9,12,18H,10-11H2,1H3. The van der Waals surface area contributed by atoms with E-state index in [2.05, 4.69) is 0 Å². The minimum absolute atomic E-state index is 0.0201. The van der Waals surface area contributed by atoms with Gasteiger partial charge in [-0.25, -0.2) is 0 Å². The van der Waals surface area contributed by atoms with Crippen molar-refractivity contribution in [2.45, 2.75) is 5.92 Å². The van der Waals surface area contributed by atoms with Gasteiger partial charge in [0.1, 0.15) is 11.5 Å². The fourth-order valence-electron chi connectivity index (χ4n) is 1.93. The molecule has 0 aliphatic heterocycles. The van der Waals surface area contributed by atoms with Gasteiger partial charge in [-0.15, -0.1) is 0 Å². The molecule has 0 aromatic heterocycles. The molecule has 0 radical (unpaired) electrons. The Morgan fingerprint density at radius 1 is 1.10 bits per heavy atom. The number of ether oxygens (including phenoxy) is 2. The Labute approximate surface area is 123 Å². The average Bonchev–Trinajstić information content (AvgIpc) is 2.49. The lowest BCUT2D eigenvalue weighted by atomic mass is 10.0. The van der Waals surface area contributed by atoms with E-state index in [0.717, 1.165) is 11.3 Å². The zero-order valence-corrected chi connectivity index (χ0v) is 12.0. The molecule has 2 aromatic rings. The zero-order chi connectivity index (χ0) is 14.4. The first-order valence-corrected chi connectivity index (χ1v) is 6.74. The Hall–Kier alpha value is -1.71. The molecule has 106 valence electrons. The van der Waals surface area contributed by atoms with E-state index in [0.29, 0.717) is 17.4 Å². The van der Waals surface area contributed by atoms with Crippen LogP contribution >= 0.6 is 11.6 Å². The van der Waals surface area contributed by atoms with E-state index in [1.54, 1.807) is 13.2 Å². The molecule has 2 aromatic carbocycles. The Kier molecular flexibility index (Phi) is 5.27. The molecule has 0 spiro atoms. The van der Waals surface area contributed by atoms with Crippen LogP contribution in [-0.2, 0) is 0 Å². The monoisotopic (exact) mass is 292 g/mol. The molecule has 0 aliphatic carbocycles. The molecule has 20 heavy (non-hydrogen) atoms. The molecular weight excluding hydrogens is 276 g/mol. The first kappa shape index (κ1) is 14.7. The minimum Gasteiger partial charge on any atom is -0.497 e. The van der Waals surface area contributed by atoms with Gasteiger partial charge in [-0.3, -0.25) is 0 Å². The van der Waals surface area contributed by atoms with E-state index in [1.165, 1.54) is 0 Å². The number of benzene rings is 2. The summed E-state index contributed by atoms with van der Waals surface area (Å²) < 4.78 is 10.9. The lowest BCUT2D eigenvalue weighted by Crippen LogP contribution is -2.14. The van der Waals surface area contributed by atoms with Crippen molar-refractivity contribution in [3.05, 3.63) is 59.1 Å². The third-order valence-electron chi connectivity index (χ3n) is 3.06. The van der Waals surface area contributed by atoms with Crippen LogP contribution in [0, 0.1) is 0 Å². The van der Waals surface area contributed by atoms with Crippen molar-refractivity contribution in [1.29, 1.82) is 0 Å². The highest BCUT2D eigenvalue weighted by Crippen LogP contribution is 2.26. The van der Waals surface area contributed by atoms with Crippen molar-refractivity contribution in [3.8, 4) is 11.5 Å². The largest absolute Gasteiger partial charge is 0.497 e. The van der Waals surface area contributed by atoms with Crippen molar-refractivity contribution in [1.82, 2.24) is 0 Å². The molecule has 0 amide bonds. The second kappa shape index (κ2) is 7.17. The second-order valence-corrected chi connectivity index (χ2v) is 4.80. The molecule has 2 rings (SSSR count). The summed E-state index contributed by atoms with van der Waals surface area (Å²) in [6, 6.07) is 14.8. The molecule has 0 saturated carbocycles. The van der Waals surface area contributed by atoms with Gasteiger partial charge >= 0.3 is 0 Å². The predicted molar refractivity (Wildman–Crippen MR) is 79.8 cm³/mol. The smallest absolute Gasteiger partial charge is 0.123 e. The van der Waals surface area contributed by atoms with E-state index in [9.17, 15) is 5.11 Å². The van der Waals surface area contributed by atoms with E-state index >= 15 is 0 Å². The van der Waals surface area contributed by atoms with Crippen molar-refractivity contribution in [2.24, 2.45) is 0 Å². The topological polar surface area (TPSA) is 38.7 Å². The molecule has 0 aliphatic rings. The summed E-state index contributed by atoms with van der Waals surface area (Å²) in [5.41, 5.74) is 0.888. The number of aliphatic hydroxyl groups is 1. The normalized spacial score (nSPS) is 11.9. The minimum atomic E-state index is -0.157. The molecule has 0 saturated heterocycles. The van der Waals surface area contributed by atoms with Gasteiger partial charge in [-0.2, -0.15) is 0 Å². The van der Waals surface area contributed by atoms with Gasteiger partial charge in [-0.1, -0.05) is 35.9 Å². The van der Waals surface area contributed by atoms with Crippen LogP contribution in [0.15, 0.2) is 48.5 Å². The SMILES string of the molecule is COc1cccc(OCC(CO)c2ccccc2Cl)c1. The Morgan fingerprint density at radius 2 is 1.85 bits per heavy atom. The summed E-state index contributed by atoms with van der Waals surface area (Å²) in [5, 5.41) is 10.2. The van der Waals surface area contributed by atoms with Crippen LogP contribution in [0.5, 0.6) is 11.5 Å². The van der Waals surface area contributed by atoms with Crippen LogP contribution in [0.3, 0.4) is 0 Å². The van der Waals surface area contributed by atoms with Crippen molar-refractivity contribution < 1.29 is 14.6 Å². The third-order valence-corrected chi connectivity index (χ3v) is 3.40. The third kappa shape index (κ3) is 3.65. The van der Waals surface area contributed by atoms with Crippen LogP contribution in [-0.4, -0.2) is 25.4 Å². The van der Waals surface area contributed by atoms with Crippen LogP contribution in [0.25, 0.3) is 0 Å². The Morgan fingerprint density at radius 3 is 2.55 bits per heavy atom. The van der Waals surface area contributed by atoms with Gasteiger partial charge in [0.2, 0.25) is 0 Å². The summed E-state index contributed by atoms with van der Waals surface area (Å²) in [4.78, 5) is 0. The van der Waals surface area contributed by atoms with E-state index in [1.807, 2.05) is 42.5 Å². The van der Waals surface area contributed by atoms with Crippen molar-refractivity contribution in [2.75, 3.05) is 20.3 Å². The zero-order valence-electron chi connectivity index (χ0n) is 11.3. The lowest BCUT2D eigenvalue weighted by Gasteiger charge is -2.17. The molecule has 1 atom stereocenters. The number of hydrogen-bond acceptors (Lipinski definition) is 3. The number of halogens is 1. The summed E-state index contributed by atoms with van der Waals surface area (Å²) in [7, 11) is 1.61. The highest BCUT2D eigenvalue weighted by Gasteiger charge is 2.14. The average molecular weight is 293 g/mol. The van der Waals surface area contributed by atoms with Gasteiger partial charge < -0.3 is 14.6 Å². The Balaban J connectivity index is 2.06. The van der Waals surface area contributed by atoms with Crippen LogP contribution in [0.4, 0.5) is 0 Å². The molecule has 0 fully saturated rings. The van der Waals surface area contributed by atoms with Crippen LogP contribution in [0.1, 0.15) is 11.5 Å². The fourth-order valence-corrected chi connectivity index (χ4v) is 2.22. The van der Waals surface area contributed by atoms with Crippen molar-refractivity contribution in [3.63, 3.8) is 0 Å². The maximum Gasteiger partial charge on any atom is 0.123 e. The van der Waals surface area contributed by atoms with Gasteiger partial charge in [0, 0.05) is 17.0 Å². The highest BCUT2D eigenvalue weighted by atomic mass is 35.5. The number of methoxy groups -OCH3 is 1. The fraction of sp³-hybridized carbons (Fsp3) is 0.250. The Bertz CT molecular complexity index is 557. The van der Waals surface area contributed by atoms with E-state index in [-0.39, 0.29) is 12.5 Å². The van der Waals surface area contributed by atoms with Gasteiger partial charge in [-0.05, 0) is 23.8 Å². The lowest BCUT2D eigenvalue weighted by molar-refractivity contribution is 0.205. The molecule has 1 unspecified atom stereocenters. The summed E-state index contributed by atoms with van der Waals surface area (Å²) in [5.74, 6) is 1.28. The molecule has 0 bridgehead atoms. The maximum absolute atomic E-state index is 9.52. The van der Waals surface area contributed by atoms with E-state index < -0.39 is 0 Å². The molecule has 1 N–H and O–H groups in total. The van der Waals surface area contributed by atoms with E-state index in [4.69, 9.17) is 21.1 Å². The molecular formula is C16H17ClO3. The number of hydrogen-bond donors (Lipinski definition) is 1. The summed E-state index contributed by atoms with van der Waals surface area (Å²) >= 11 is 6.14. The number of aliphatic hydroxyl groups excluding tert-OH is 1. The molecule has 4 heteroatoms. The molecule has 0 heterocycles. The quantitative estimate of drug-likeness (QED) is 0.885. The van der Waals surface area contributed by atoms with Crippen LogP contribution < -0.4 is 9.47 Å². The summed E-state index contributed by atoms with van der Waals surface area (Å²) in [6.45, 7) is 0.334. The van der Waals surface area contributed by atoms with Crippen LogP contribution in [0.2, 0.25) is 5.02 Å². The summed E-state index contributed by atoms with van der Waals surface area (Å²) in [6.07, 6.45) is 0. The highest BCUT2D eigenvalue weighted by molar-refractivity contribution is 6.31.